The predicted octanol–water partition coefficient (Wildman–Crippen LogP) is 4.05. The second-order valence-corrected chi connectivity index (χ2v) is 7.69. The zero-order chi connectivity index (χ0) is 20.0. The molecular formula is C20H29F3N4O. The van der Waals surface area contributed by atoms with Crippen LogP contribution >= 0.6 is 0 Å². The second-order valence-electron chi connectivity index (χ2n) is 7.69. The van der Waals surface area contributed by atoms with Crippen LogP contribution in [-0.4, -0.2) is 36.3 Å². The molecule has 1 aromatic heterocycles. The Balaban J connectivity index is 1.52. The first-order valence-electron chi connectivity index (χ1n) is 10.1. The normalized spacial score (nSPS) is 23.4. The van der Waals surface area contributed by atoms with Crippen molar-refractivity contribution in [2.75, 3.05) is 13.2 Å². The summed E-state index contributed by atoms with van der Waals surface area (Å²) in [7, 11) is 0. The Kier molecular flexibility index (Phi) is 7.02. The van der Waals surface area contributed by atoms with Gasteiger partial charge in [-0.2, -0.15) is 13.2 Å². The molecule has 28 heavy (non-hydrogen) atoms. The maximum absolute atomic E-state index is 12.8. The maximum Gasteiger partial charge on any atom is 0.391 e. The molecule has 0 unspecified atom stereocenters. The highest BCUT2D eigenvalue weighted by Gasteiger charge is 2.41. The summed E-state index contributed by atoms with van der Waals surface area (Å²) < 4.78 is 44.2. The molecule has 2 aliphatic rings. The Morgan fingerprint density at radius 2 is 1.96 bits per heavy atom. The van der Waals surface area contributed by atoms with Gasteiger partial charge in [0.1, 0.15) is 0 Å². The molecule has 1 aromatic rings. The molecule has 0 spiro atoms. The smallest absolute Gasteiger partial charge is 0.391 e. The van der Waals surface area contributed by atoms with Crippen LogP contribution in [0.5, 0.6) is 5.88 Å². The van der Waals surface area contributed by atoms with E-state index in [4.69, 9.17) is 4.74 Å². The molecule has 0 aromatic carbocycles. The average Bonchev–Trinajstić information content (AvgIpc) is 3.49. The molecule has 5 nitrogen and oxygen atoms in total. The quantitative estimate of drug-likeness (QED) is 0.538. The fraction of sp³-hybridized carbons (Fsp3) is 0.700. The molecule has 0 saturated heterocycles. The van der Waals surface area contributed by atoms with E-state index >= 15 is 0 Å². The number of alkyl halides is 3. The number of nitrogens with zero attached hydrogens (tertiary/aromatic N) is 2. The number of hydrogen-bond donors (Lipinski definition) is 2. The van der Waals surface area contributed by atoms with E-state index in [2.05, 4.69) is 20.6 Å². The van der Waals surface area contributed by atoms with Crippen molar-refractivity contribution in [2.45, 2.75) is 64.2 Å². The lowest BCUT2D eigenvalue weighted by atomic mass is 9.85. The molecule has 0 radical (unpaired) electrons. The molecule has 2 saturated carbocycles. The van der Waals surface area contributed by atoms with Gasteiger partial charge in [0.25, 0.3) is 0 Å². The minimum Gasteiger partial charge on any atom is -0.477 e. The van der Waals surface area contributed by atoms with Gasteiger partial charge in [-0.05, 0) is 63.0 Å². The van der Waals surface area contributed by atoms with E-state index in [9.17, 15) is 13.2 Å². The number of ether oxygens (including phenoxy) is 1. The fourth-order valence-electron chi connectivity index (χ4n) is 3.36. The van der Waals surface area contributed by atoms with Crippen LogP contribution in [0.15, 0.2) is 23.3 Å². The standard InChI is InChI=1S/C20H29F3N4O/c1-2-24-19(27-17-7-5-16(6-8-17)20(21,22)23)26-12-15-9-10-25-18(11-15)28-13-14-3-4-14/h9-11,14,16-17H,2-8,12-13H2,1H3,(H2,24,26,27). The third kappa shape index (κ3) is 6.56. The summed E-state index contributed by atoms with van der Waals surface area (Å²) >= 11 is 0. The highest BCUT2D eigenvalue weighted by Crippen LogP contribution is 2.37. The summed E-state index contributed by atoms with van der Waals surface area (Å²) in [5.74, 6) is 0.745. The van der Waals surface area contributed by atoms with Gasteiger partial charge in [-0.3, -0.25) is 0 Å². The van der Waals surface area contributed by atoms with E-state index in [1.54, 1.807) is 6.20 Å². The fourth-order valence-corrected chi connectivity index (χ4v) is 3.36. The lowest BCUT2D eigenvalue weighted by Gasteiger charge is -2.31. The molecule has 2 N–H and O–H groups in total. The molecule has 0 bridgehead atoms. The van der Waals surface area contributed by atoms with Crippen molar-refractivity contribution in [2.24, 2.45) is 16.8 Å². The average molecular weight is 398 g/mol. The number of aromatic nitrogens is 1. The van der Waals surface area contributed by atoms with Crippen molar-refractivity contribution >= 4 is 5.96 Å². The first kappa shape index (κ1) is 20.7. The van der Waals surface area contributed by atoms with Gasteiger partial charge >= 0.3 is 6.18 Å². The van der Waals surface area contributed by atoms with Gasteiger partial charge in [0.05, 0.1) is 19.1 Å². The maximum atomic E-state index is 12.8. The summed E-state index contributed by atoms with van der Waals surface area (Å²) in [6, 6.07) is 3.81. The number of nitrogens with one attached hydrogen (secondary N) is 2. The van der Waals surface area contributed by atoms with Crippen LogP contribution in [-0.2, 0) is 6.54 Å². The van der Waals surface area contributed by atoms with Crippen LogP contribution in [0.1, 0.15) is 51.0 Å². The summed E-state index contributed by atoms with van der Waals surface area (Å²) in [4.78, 5) is 8.81. The Labute approximate surface area is 164 Å². The number of rotatable bonds is 7. The molecule has 0 aliphatic heterocycles. The highest BCUT2D eigenvalue weighted by atomic mass is 19.4. The van der Waals surface area contributed by atoms with Crippen molar-refractivity contribution in [3.05, 3.63) is 23.9 Å². The molecular weight excluding hydrogens is 369 g/mol. The molecule has 3 rings (SSSR count). The van der Waals surface area contributed by atoms with E-state index in [1.807, 2.05) is 19.1 Å². The molecule has 2 aliphatic carbocycles. The van der Waals surface area contributed by atoms with E-state index < -0.39 is 12.1 Å². The number of hydrogen-bond acceptors (Lipinski definition) is 3. The van der Waals surface area contributed by atoms with Gasteiger partial charge in [-0.25, -0.2) is 9.98 Å². The molecule has 0 atom stereocenters. The topological polar surface area (TPSA) is 58.5 Å². The van der Waals surface area contributed by atoms with Gasteiger partial charge in [0, 0.05) is 24.8 Å². The van der Waals surface area contributed by atoms with Crippen LogP contribution in [0, 0.1) is 11.8 Å². The van der Waals surface area contributed by atoms with Gasteiger partial charge in [-0.1, -0.05) is 0 Å². The molecule has 2 fully saturated rings. The molecule has 1 heterocycles. The summed E-state index contributed by atoms with van der Waals surface area (Å²) in [6.45, 7) is 3.82. The second kappa shape index (κ2) is 9.47. The zero-order valence-electron chi connectivity index (χ0n) is 16.3. The monoisotopic (exact) mass is 398 g/mol. The Morgan fingerprint density at radius 3 is 2.61 bits per heavy atom. The van der Waals surface area contributed by atoms with Crippen LogP contribution in [0.3, 0.4) is 0 Å². The molecule has 156 valence electrons. The van der Waals surface area contributed by atoms with Gasteiger partial charge in [-0.15, -0.1) is 0 Å². The first-order chi connectivity index (χ1) is 13.4. The summed E-state index contributed by atoms with van der Waals surface area (Å²) in [5.41, 5.74) is 0.985. The first-order valence-corrected chi connectivity index (χ1v) is 10.1. The van der Waals surface area contributed by atoms with Crippen molar-refractivity contribution in [1.29, 1.82) is 0 Å². The van der Waals surface area contributed by atoms with Crippen LogP contribution in [0.2, 0.25) is 0 Å². The molecule has 0 amide bonds. The highest BCUT2D eigenvalue weighted by molar-refractivity contribution is 5.80. The van der Waals surface area contributed by atoms with Gasteiger partial charge in [0.15, 0.2) is 5.96 Å². The number of guanidine groups is 1. The van der Waals surface area contributed by atoms with Crippen LogP contribution in [0.4, 0.5) is 13.2 Å². The van der Waals surface area contributed by atoms with Gasteiger partial charge < -0.3 is 15.4 Å². The van der Waals surface area contributed by atoms with E-state index in [0.29, 0.717) is 50.3 Å². The van der Waals surface area contributed by atoms with Crippen molar-refractivity contribution < 1.29 is 17.9 Å². The van der Waals surface area contributed by atoms with E-state index in [0.717, 1.165) is 5.56 Å². The van der Waals surface area contributed by atoms with E-state index in [-0.39, 0.29) is 18.9 Å². The lowest BCUT2D eigenvalue weighted by molar-refractivity contribution is -0.182. The minimum absolute atomic E-state index is 0.0197. The number of pyridine rings is 1. The Morgan fingerprint density at radius 1 is 1.21 bits per heavy atom. The minimum atomic E-state index is -4.08. The van der Waals surface area contributed by atoms with E-state index in [1.165, 1.54) is 12.8 Å². The third-order valence-corrected chi connectivity index (χ3v) is 5.26. The SMILES string of the molecule is CCNC(=NCc1ccnc(OCC2CC2)c1)NC1CCC(C(F)(F)F)CC1. The predicted molar refractivity (Wildman–Crippen MR) is 102 cm³/mol. The Bertz CT molecular complexity index is 653. The largest absolute Gasteiger partial charge is 0.477 e. The van der Waals surface area contributed by atoms with Gasteiger partial charge in [0.2, 0.25) is 5.88 Å². The van der Waals surface area contributed by atoms with Crippen molar-refractivity contribution in [1.82, 2.24) is 15.6 Å². The third-order valence-electron chi connectivity index (χ3n) is 5.26. The van der Waals surface area contributed by atoms with Crippen LogP contribution < -0.4 is 15.4 Å². The summed E-state index contributed by atoms with van der Waals surface area (Å²) in [6.07, 6.45) is 1.44. The van der Waals surface area contributed by atoms with Crippen molar-refractivity contribution in [3.8, 4) is 5.88 Å². The summed E-state index contributed by atoms with van der Waals surface area (Å²) in [5, 5.41) is 6.46. The zero-order valence-corrected chi connectivity index (χ0v) is 16.3. The number of aliphatic imine (C=N–C) groups is 1. The van der Waals surface area contributed by atoms with Crippen molar-refractivity contribution in [3.63, 3.8) is 0 Å². The van der Waals surface area contributed by atoms with Crippen LogP contribution in [0.25, 0.3) is 0 Å². The Hall–Kier alpha value is -1.99. The molecule has 8 heteroatoms. The number of halogens is 3. The lowest BCUT2D eigenvalue weighted by Crippen LogP contribution is -2.45.